The fourth-order valence-electron chi connectivity index (χ4n) is 2.46. The van der Waals surface area contributed by atoms with Gasteiger partial charge < -0.3 is 15.2 Å². The topological polar surface area (TPSA) is 35.1 Å². The van der Waals surface area contributed by atoms with Crippen molar-refractivity contribution in [2.45, 2.75) is 18.8 Å². The molecular formula is C13H21ClN2O. The summed E-state index contributed by atoms with van der Waals surface area (Å²) in [6.07, 6.45) is 2.27. The molecule has 0 spiro atoms. The Balaban J connectivity index is 0.00000144. The Hall–Kier alpha value is -0.610. The van der Waals surface area contributed by atoms with Crippen LogP contribution in [0.2, 0.25) is 0 Å². The summed E-state index contributed by atoms with van der Waals surface area (Å²) in [6, 6.07) is 8.07. The zero-order valence-electron chi connectivity index (χ0n) is 10.5. The van der Waals surface area contributed by atoms with E-state index < -0.39 is 0 Å². The Morgan fingerprint density at radius 2 is 1.76 bits per heavy atom. The molecule has 1 aromatic rings. The highest BCUT2D eigenvalue weighted by Gasteiger charge is 2.22. The maximum Gasteiger partial charge on any atom is 0.135 e. The van der Waals surface area contributed by atoms with Gasteiger partial charge in [-0.15, -0.1) is 12.4 Å². The van der Waals surface area contributed by atoms with E-state index in [-0.39, 0.29) is 17.1 Å². The van der Waals surface area contributed by atoms with Crippen molar-refractivity contribution in [1.29, 1.82) is 0 Å². The fraction of sp³-hybridized carbons (Fsp3) is 0.538. The van der Waals surface area contributed by atoms with Crippen LogP contribution in [0.5, 0.6) is 0 Å². The molecule has 0 atom stereocenters. The van der Waals surface area contributed by atoms with Gasteiger partial charge in [0.05, 0.1) is 14.1 Å². The number of nitrogens with one attached hydrogen (secondary N) is 1. The molecule has 1 saturated heterocycles. The van der Waals surface area contributed by atoms with Crippen LogP contribution in [0.1, 0.15) is 24.3 Å². The first-order valence-corrected chi connectivity index (χ1v) is 5.94. The first-order valence-electron chi connectivity index (χ1n) is 5.94. The highest BCUT2D eigenvalue weighted by molar-refractivity contribution is 5.85. The average molecular weight is 257 g/mol. The molecule has 1 aliphatic rings. The number of halogens is 1. The second-order valence-corrected chi connectivity index (χ2v) is 4.93. The Morgan fingerprint density at radius 3 is 2.35 bits per heavy atom. The minimum atomic E-state index is -0.333. The number of para-hydroxylation sites is 1. The van der Waals surface area contributed by atoms with Crippen molar-refractivity contribution < 1.29 is 0 Å². The van der Waals surface area contributed by atoms with Gasteiger partial charge in [-0.2, -0.15) is 0 Å². The number of hydrogen-bond acceptors (Lipinski definition) is 2. The summed E-state index contributed by atoms with van der Waals surface area (Å²) in [5, 5.41) is 15.4. The molecule has 17 heavy (non-hydrogen) atoms. The summed E-state index contributed by atoms with van der Waals surface area (Å²) in [6.45, 7) is 2.12. The van der Waals surface area contributed by atoms with Crippen LogP contribution >= 0.6 is 12.4 Å². The molecule has 96 valence electrons. The third kappa shape index (κ3) is 3.42. The van der Waals surface area contributed by atoms with E-state index in [2.05, 4.69) is 11.4 Å². The Kier molecular flexibility index (Phi) is 4.95. The van der Waals surface area contributed by atoms with Crippen LogP contribution in [-0.4, -0.2) is 27.2 Å². The minimum Gasteiger partial charge on any atom is -0.628 e. The van der Waals surface area contributed by atoms with E-state index in [0.29, 0.717) is 5.92 Å². The largest absolute Gasteiger partial charge is 0.628 e. The van der Waals surface area contributed by atoms with E-state index in [1.807, 2.05) is 18.2 Å². The first-order chi connectivity index (χ1) is 7.59. The predicted molar refractivity (Wildman–Crippen MR) is 75.5 cm³/mol. The summed E-state index contributed by atoms with van der Waals surface area (Å²) in [5.41, 5.74) is 2.15. The van der Waals surface area contributed by atoms with Gasteiger partial charge in [0.1, 0.15) is 5.69 Å². The van der Waals surface area contributed by atoms with E-state index in [4.69, 9.17) is 0 Å². The van der Waals surface area contributed by atoms with Crippen LogP contribution in [0.15, 0.2) is 24.3 Å². The molecule has 1 aliphatic heterocycles. The summed E-state index contributed by atoms with van der Waals surface area (Å²) in [5.74, 6) is 0.545. The molecule has 1 N–H and O–H groups in total. The van der Waals surface area contributed by atoms with Crippen LogP contribution in [0.3, 0.4) is 0 Å². The number of hydrogen-bond donors (Lipinski definition) is 1. The van der Waals surface area contributed by atoms with Crippen LogP contribution in [0, 0.1) is 5.21 Å². The standard InChI is InChI=1S/C13H20N2O.ClH/c1-15(2,16)13-6-4-3-5-12(13)11-7-9-14-10-8-11;/h3-6,11,14H,7-10H2,1-2H3;1H. The third-order valence-corrected chi connectivity index (χ3v) is 3.30. The number of benzene rings is 1. The van der Waals surface area contributed by atoms with E-state index in [1.54, 1.807) is 14.1 Å². The molecule has 1 heterocycles. The van der Waals surface area contributed by atoms with Gasteiger partial charge in [0, 0.05) is 5.56 Å². The number of piperidine rings is 1. The van der Waals surface area contributed by atoms with Crippen LogP contribution in [0.4, 0.5) is 5.69 Å². The van der Waals surface area contributed by atoms with Crippen molar-refractivity contribution in [1.82, 2.24) is 9.96 Å². The van der Waals surface area contributed by atoms with Crippen LogP contribution in [0.25, 0.3) is 0 Å². The number of quaternary nitrogens is 1. The molecule has 0 saturated carbocycles. The molecule has 0 amide bonds. The fourth-order valence-corrected chi connectivity index (χ4v) is 2.46. The molecular weight excluding hydrogens is 236 g/mol. The predicted octanol–water partition coefficient (Wildman–Crippen LogP) is 2.64. The Labute approximate surface area is 109 Å². The summed E-state index contributed by atoms with van der Waals surface area (Å²) in [7, 11) is 3.39. The van der Waals surface area contributed by atoms with Gasteiger partial charge in [-0.05, 0) is 37.9 Å². The van der Waals surface area contributed by atoms with Crippen molar-refractivity contribution in [2.24, 2.45) is 0 Å². The lowest BCUT2D eigenvalue weighted by Gasteiger charge is -2.37. The lowest BCUT2D eigenvalue weighted by atomic mass is 9.89. The maximum atomic E-state index is 12.1. The highest BCUT2D eigenvalue weighted by Crippen LogP contribution is 2.34. The van der Waals surface area contributed by atoms with Crippen molar-refractivity contribution in [3.8, 4) is 0 Å². The Morgan fingerprint density at radius 1 is 1.18 bits per heavy atom. The molecule has 0 aromatic heterocycles. The highest BCUT2D eigenvalue weighted by atomic mass is 35.5. The monoisotopic (exact) mass is 256 g/mol. The van der Waals surface area contributed by atoms with Gasteiger partial charge in [-0.25, -0.2) is 0 Å². The second-order valence-electron chi connectivity index (χ2n) is 4.93. The second kappa shape index (κ2) is 5.83. The lowest BCUT2D eigenvalue weighted by Crippen LogP contribution is -2.35. The van der Waals surface area contributed by atoms with Crippen molar-refractivity contribution in [2.75, 3.05) is 27.2 Å². The van der Waals surface area contributed by atoms with Gasteiger partial charge >= 0.3 is 0 Å². The number of hydroxylamine groups is 2. The lowest BCUT2D eigenvalue weighted by molar-refractivity contribution is 0.450. The van der Waals surface area contributed by atoms with E-state index in [9.17, 15) is 5.21 Å². The Bertz CT molecular complexity index is 357. The molecule has 4 heteroatoms. The van der Waals surface area contributed by atoms with Gasteiger partial charge in [0.15, 0.2) is 0 Å². The van der Waals surface area contributed by atoms with Gasteiger partial charge in [0.25, 0.3) is 0 Å². The SMILES string of the molecule is C[N+](C)([O-])c1ccccc1C1CCNCC1.Cl. The summed E-state index contributed by atoms with van der Waals surface area (Å²) < 4.78 is -0.333. The first kappa shape index (κ1) is 14.5. The minimum absolute atomic E-state index is 0. The van der Waals surface area contributed by atoms with Crippen molar-refractivity contribution in [3.63, 3.8) is 0 Å². The zero-order chi connectivity index (χ0) is 11.6. The van der Waals surface area contributed by atoms with E-state index in [0.717, 1.165) is 31.6 Å². The molecule has 3 nitrogen and oxygen atoms in total. The average Bonchev–Trinajstić information content (AvgIpc) is 2.29. The van der Waals surface area contributed by atoms with E-state index in [1.165, 1.54) is 5.56 Å². The van der Waals surface area contributed by atoms with Gasteiger partial charge in [-0.1, -0.05) is 18.2 Å². The molecule has 2 rings (SSSR count). The molecule has 1 fully saturated rings. The summed E-state index contributed by atoms with van der Waals surface area (Å²) >= 11 is 0. The van der Waals surface area contributed by atoms with Gasteiger partial charge in [0.2, 0.25) is 0 Å². The van der Waals surface area contributed by atoms with Crippen LogP contribution in [-0.2, 0) is 0 Å². The smallest absolute Gasteiger partial charge is 0.135 e. The maximum absolute atomic E-state index is 12.1. The third-order valence-electron chi connectivity index (χ3n) is 3.30. The number of nitrogens with zero attached hydrogens (tertiary/aromatic N) is 1. The van der Waals surface area contributed by atoms with E-state index >= 15 is 0 Å². The summed E-state index contributed by atoms with van der Waals surface area (Å²) in [4.78, 5) is 0. The molecule has 0 aliphatic carbocycles. The quantitative estimate of drug-likeness (QED) is 0.652. The van der Waals surface area contributed by atoms with Crippen LogP contribution < -0.4 is 9.96 Å². The zero-order valence-corrected chi connectivity index (χ0v) is 11.3. The normalized spacial score (nSPS) is 17.6. The van der Waals surface area contributed by atoms with Crippen molar-refractivity contribution in [3.05, 3.63) is 35.0 Å². The van der Waals surface area contributed by atoms with Crippen molar-refractivity contribution >= 4 is 18.1 Å². The molecule has 0 radical (unpaired) electrons. The molecule has 0 unspecified atom stereocenters. The molecule has 0 bridgehead atoms. The number of rotatable bonds is 2. The van der Waals surface area contributed by atoms with Gasteiger partial charge in [-0.3, -0.25) is 0 Å². The molecule has 1 aromatic carbocycles.